The van der Waals surface area contributed by atoms with Crippen molar-refractivity contribution in [3.63, 3.8) is 0 Å². The standard InChI is InChI=1S/C12H7ClN2OS2/c13-7-3-1-2-4-9(7)15-11(16)10-8(5-6-18-10)14-12(15)17/h1-6H,(H,14,17). The average molecular weight is 295 g/mol. The molecule has 0 unspecified atom stereocenters. The van der Waals surface area contributed by atoms with Crippen LogP contribution >= 0.6 is 35.2 Å². The summed E-state index contributed by atoms with van der Waals surface area (Å²) >= 11 is 12.7. The third kappa shape index (κ3) is 1.71. The molecule has 0 fully saturated rings. The van der Waals surface area contributed by atoms with Crippen LogP contribution in [-0.4, -0.2) is 9.55 Å². The van der Waals surface area contributed by atoms with Gasteiger partial charge in [0.2, 0.25) is 0 Å². The van der Waals surface area contributed by atoms with Crippen LogP contribution < -0.4 is 5.56 Å². The van der Waals surface area contributed by atoms with Crippen LogP contribution in [0.25, 0.3) is 15.9 Å². The summed E-state index contributed by atoms with van der Waals surface area (Å²) in [6.45, 7) is 0. The van der Waals surface area contributed by atoms with Crippen LogP contribution in [0.4, 0.5) is 0 Å². The first-order valence-corrected chi connectivity index (χ1v) is 6.82. The Balaban J connectivity index is 2.47. The number of fused-ring (bicyclic) bond motifs is 1. The average Bonchev–Trinajstić information content (AvgIpc) is 2.79. The molecule has 90 valence electrons. The quantitative estimate of drug-likeness (QED) is 0.694. The van der Waals surface area contributed by atoms with Gasteiger partial charge >= 0.3 is 0 Å². The molecule has 0 bridgehead atoms. The largest absolute Gasteiger partial charge is 0.331 e. The number of nitrogens with one attached hydrogen (secondary N) is 1. The smallest absolute Gasteiger partial charge is 0.276 e. The molecule has 3 rings (SSSR count). The van der Waals surface area contributed by atoms with E-state index in [0.29, 0.717) is 20.2 Å². The maximum absolute atomic E-state index is 12.4. The summed E-state index contributed by atoms with van der Waals surface area (Å²) in [7, 11) is 0. The van der Waals surface area contributed by atoms with Gasteiger partial charge in [0.25, 0.3) is 5.56 Å². The molecule has 0 atom stereocenters. The maximum atomic E-state index is 12.4. The minimum absolute atomic E-state index is 0.142. The van der Waals surface area contributed by atoms with E-state index in [4.69, 9.17) is 23.8 Å². The third-order valence-electron chi connectivity index (χ3n) is 2.60. The van der Waals surface area contributed by atoms with Crippen molar-refractivity contribution in [1.29, 1.82) is 0 Å². The lowest BCUT2D eigenvalue weighted by Gasteiger charge is -2.07. The molecule has 3 aromatic rings. The lowest BCUT2D eigenvalue weighted by molar-refractivity contribution is 0.944. The van der Waals surface area contributed by atoms with E-state index in [0.717, 1.165) is 5.52 Å². The molecule has 2 aromatic heterocycles. The molecule has 0 amide bonds. The first-order valence-electron chi connectivity index (χ1n) is 5.16. The number of hydrogen-bond donors (Lipinski definition) is 1. The number of benzene rings is 1. The summed E-state index contributed by atoms with van der Waals surface area (Å²) in [6, 6.07) is 8.98. The summed E-state index contributed by atoms with van der Waals surface area (Å²) < 4.78 is 2.42. The first-order chi connectivity index (χ1) is 8.68. The van der Waals surface area contributed by atoms with Gasteiger partial charge in [0.1, 0.15) is 4.70 Å². The zero-order valence-corrected chi connectivity index (χ0v) is 11.4. The number of rotatable bonds is 1. The highest BCUT2D eigenvalue weighted by atomic mass is 35.5. The fourth-order valence-electron chi connectivity index (χ4n) is 1.79. The normalized spacial score (nSPS) is 10.9. The zero-order chi connectivity index (χ0) is 12.7. The first kappa shape index (κ1) is 11.6. The van der Waals surface area contributed by atoms with Crippen LogP contribution in [0.5, 0.6) is 0 Å². The summed E-state index contributed by atoms with van der Waals surface area (Å²) in [4.78, 5) is 15.4. The maximum Gasteiger partial charge on any atom is 0.276 e. The number of aromatic nitrogens is 2. The fraction of sp³-hybridized carbons (Fsp3) is 0. The number of para-hydroxylation sites is 1. The van der Waals surface area contributed by atoms with Gasteiger partial charge in [-0.15, -0.1) is 11.3 Å². The molecule has 2 heterocycles. The van der Waals surface area contributed by atoms with Crippen LogP contribution in [0.15, 0.2) is 40.5 Å². The van der Waals surface area contributed by atoms with Crippen LogP contribution in [0.3, 0.4) is 0 Å². The molecule has 6 heteroatoms. The van der Waals surface area contributed by atoms with E-state index in [2.05, 4.69) is 4.98 Å². The predicted molar refractivity (Wildman–Crippen MR) is 77.6 cm³/mol. The van der Waals surface area contributed by atoms with Crippen molar-refractivity contribution in [2.45, 2.75) is 0 Å². The molecule has 0 radical (unpaired) electrons. The lowest BCUT2D eigenvalue weighted by atomic mass is 10.3. The Hall–Kier alpha value is -1.43. The third-order valence-corrected chi connectivity index (χ3v) is 4.11. The van der Waals surface area contributed by atoms with E-state index in [-0.39, 0.29) is 5.56 Å². The molecule has 0 aliphatic heterocycles. The number of halogens is 1. The highest BCUT2D eigenvalue weighted by Gasteiger charge is 2.10. The number of thiophene rings is 1. The van der Waals surface area contributed by atoms with Crippen LogP contribution in [0.1, 0.15) is 0 Å². The molecular weight excluding hydrogens is 288 g/mol. The second-order valence-electron chi connectivity index (χ2n) is 3.69. The van der Waals surface area contributed by atoms with Crippen molar-refractivity contribution in [3.8, 4) is 5.69 Å². The molecule has 0 spiro atoms. The molecule has 1 aromatic carbocycles. The van der Waals surface area contributed by atoms with Gasteiger partial charge < -0.3 is 4.98 Å². The zero-order valence-electron chi connectivity index (χ0n) is 9.01. The minimum Gasteiger partial charge on any atom is -0.331 e. The van der Waals surface area contributed by atoms with Gasteiger partial charge in [-0.1, -0.05) is 23.7 Å². The SMILES string of the molecule is O=c1c2sccc2[nH]c(=S)n1-c1ccccc1Cl. The van der Waals surface area contributed by atoms with Gasteiger partial charge in [0, 0.05) is 0 Å². The Labute approximate surface area is 116 Å². The minimum atomic E-state index is -0.142. The van der Waals surface area contributed by atoms with Crippen molar-refractivity contribution in [2.24, 2.45) is 0 Å². The Morgan fingerprint density at radius 3 is 2.83 bits per heavy atom. The summed E-state index contributed by atoms with van der Waals surface area (Å²) in [5, 5.41) is 2.35. The van der Waals surface area contributed by atoms with E-state index in [1.807, 2.05) is 23.6 Å². The molecule has 0 saturated carbocycles. The van der Waals surface area contributed by atoms with Crippen molar-refractivity contribution in [3.05, 3.63) is 55.9 Å². The Morgan fingerprint density at radius 2 is 2.06 bits per heavy atom. The van der Waals surface area contributed by atoms with Crippen molar-refractivity contribution >= 4 is 45.4 Å². The molecule has 3 nitrogen and oxygen atoms in total. The van der Waals surface area contributed by atoms with E-state index in [9.17, 15) is 4.79 Å². The van der Waals surface area contributed by atoms with Crippen LogP contribution in [-0.2, 0) is 0 Å². The summed E-state index contributed by atoms with van der Waals surface area (Å²) in [5.41, 5.74) is 1.22. The summed E-state index contributed by atoms with van der Waals surface area (Å²) in [6.07, 6.45) is 0. The van der Waals surface area contributed by atoms with Gasteiger partial charge in [0.15, 0.2) is 4.77 Å². The van der Waals surface area contributed by atoms with Crippen molar-refractivity contribution in [1.82, 2.24) is 9.55 Å². The highest BCUT2D eigenvalue weighted by Crippen LogP contribution is 2.21. The number of nitrogens with zero attached hydrogens (tertiary/aromatic N) is 1. The second-order valence-corrected chi connectivity index (χ2v) is 5.40. The number of hydrogen-bond acceptors (Lipinski definition) is 3. The van der Waals surface area contributed by atoms with Gasteiger partial charge in [0.05, 0.1) is 16.2 Å². The predicted octanol–water partition coefficient (Wildman–Crippen LogP) is 3.76. The highest BCUT2D eigenvalue weighted by molar-refractivity contribution is 7.71. The number of aromatic amines is 1. The molecule has 0 aliphatic carbocycles. The monoisotopic (exact) mass is 294 g/mol. The van der Waals surface area contributed by atoms with E-state index in [1.54, 1.807) is 12.1 Å². The van der Waals surface area contributed by atoms with Gasteiger partial charge in [-0.2, -0.15) is 0 Å². The Morgan fingerprint density at radius 1 is 1.28 bits per heavy atom. The molecular formula is C12H7ClN2OS2. The van der Waals surface area contributed by atoms with Gasteiger partial charge in [-0.25, -0.2) is 0 Å². The van der Waals surface area contributed by atoms with Gasteiger partial charge in [-0.05, 0) is 35.8 Å². The van der Waals surface area contributed by atoms with Crippen LogP contribution in [0, 0.1) is 4.77 Å². The second kappa shape index (κ2) is 4.35. The van der Waals surface area contributed by atoms with E-state index >= 15 is 0 Å². The van der Waals surface area contributed by atoms with Crippen LogP contribution in [0.2, 0.25) is 5.02 Å². The summed E-state index contributed by atoms with van der Waals surface area (Å²) in [5.74, 6) is 0. The van der Waals surface area contributed by atoms with E-state index in [1.165, 1.54) is 15.9 Å². The molecule has 1 N–H and O–H groups in total. The van der Waals surface area contributed by atoms with Crippen molar-refractivity contribution < 1.29 is 0 Å². The molecule has 0 saturated heterocycles. The van der Waals surface area contributed by atoms with Crippen molar-refractivity contribution in [2.75, 3.05) is 0 Å². The fourth-order valence-corrected chi connectivity index (χ4v) is 3.08. The molecule has 18 heavy (non-hydrogen) atoms. The van der Waals surface area contributed by atoms with E-state index < -0.39 is 0 Å². The molecule has 0 aliphatic rings. The van der Waals surface area contributed by atoms with Gasteiger partial charge in [-0.3, -0.25) is 9.36 Å². The topological polar surface area (TPSA) is 37.8 Å². The Bertz CT molecular complexity index is 847. The lowest BCUT2D eigenvalue weighted by Crippen LogP contribution is -2.19. The Kier molecular flexibility index (Phi) is 2.81. The number of H-pyrrole nitrogens is 1.